The minimum Gasteiger partial charge on any atom is -0.436 e. The summed E-state index contributed by atoms with van der Waals surface area (Å²) in [5, 5.41) is 3.31. The van der Waals surface area contributed by atoms with Gasteiger partial charge in [0, 0.05) is 16.8 Å². The Morgan fingerprint density at radius 2 is 1.92 bits per heavy atom. The van der Waals surface area contributed by atoms with E-state index in [2.05, 4.69) is 15.3 Å². The van der Waals surface area contributed by atoms with E-state index in [0.29, 0.717) is 33.3 Å². The van der Waals surface area contributed by atoms with Gasteiger partial charge in [-0.05, 0) is 36.4 Å². The topological polar surface area (TPSA) is 68.0 Å². The first kappa shape index (κ1) is 15.4. The summed E-state index contributed by atoms with van der Waals surface area (Å²) in [5.74, 6) is 0.187. The van der Waals surface area contributed by atoms with Gasteiger partial charge in [0.1, 0.15) is 5.52 Å². The average molecular weight is 350 g/mol. The number of halogens is 1. The second kappa shape index (κ2) is 6.37. The standard InChI is InChI=1S/C19H12ClN3O2/c20-14-5-3-4-12(8-14)18(24)22-15-9-13(10-21-11-15)19-23-16-6-1-2-7-17(16)25-19/h1-11H,(H,22,24). The Hall–Kier alpha value is -3.18. The molecule has 1 N–H and O–H groups in total. The number of carbonyl (C=O) groups is 1. The Bertz CT molecular complexity index is 1040. The van der Waals surface area contributed by atoms with Crippen LogP contribution in [0.15, 0.2) is 71.4 Å². The van der Waals surface area contributed by atoms with Crippen LogP contribution in [-0.4, -0.2) is 15.9 Å². The van der Waals surface area contributed by atoms with Gasteiger partial charge in [0.25, 0.3) is 5.91 Å². The SMILES string of the molecule is O=C(Nc1cncc(-c2nc3ccccc3o2)c1)c1cccc(Cl)c1. The Morgan fingerprint density at radius 1 is 1.04 bits per heavy atom. The number of benzene rings is 2. The van der Waals surface area contributed by atoms with Gasteiger partial charge < -0.3 is 9.73 Å². The third kappa shape index (κ3) is 3.22. The summed E-state index contributed by atoms with van der Waals surface area (Å²) >= 11 is 5.92. The van der Waals surface area contributed by atoms with Crippen LogP contribution in [0.25, 0.3) is 22.6 Å². The quantitative estimate of drug-likeness (QED) is 0.577. The van der Waals surface area contributed by atoms with Crippen LogP contribution in [0.1, 0.15) is 10.4 Å². The normalized spacial score (nSPS) is 10.8. The molecule has 122 valence electrons. The zero-order valence-corrected chi connectivity index (χ0v) is 13.7. The van der Waals surface area contributed by atoms with Gasteiger partial charge in [0.2, 0.25) is 5.89 Å². The average Bonchev–Trinajstić information content (AvgIpc) is 3.06. The zero-order chi connectivity index (χ0) is 17.2. The van der Waals surface area contributed by atoms with Gasteiger partial charge in [-0.1, -0.05) is 29.8 Å². The Balaban J connectivity index is 1.62. The minimum atomic E-state index is -0.265. The zero-order valence-electron chi connectivity index (χ0n) is 12.9. The monoisotopic (exact) mass is 349 g/mol. The number of hydrogen-bond donors (Lipinski definition) is 1. The molecule has 0 unspecified atom stereocenters. The highest BCUT2D eigenvalue weighted by Gasteiger charge is 2.11. The Kier molecular flexibility index (Phi) is 3.91. The Labute approximate surface area is 148 Å². The number of amides is 1. The number of carbonyl (C=O) groups excluding carboxylic acids is 1. The van der Waals surface area contributed by atoms with Crippen molar-refractivity contribution in [2.24, 2.45) is 0 Å². The lowest BCUT2D eigenvalue weighted by Crippen LogP contribution is -2.12. The molecule has 0 aliphatic rings. The number of nitrogens with one attached hydrogen (secondary N) is 1. The molecular formula is C19H12ClN3O2. The molecule has 4 aromatic rings. The van der Waals surface area contributed by atoms with Crippen molar-refractivity contribution < 1.29 is 9.21 Å². The van der Waals surface area contributed by atoms with Crippen LogP contribution in [0.5, 0.6) is 0 Å². The summed E-state index contributed by atoms with van der Waals surface area (Å²) in [6, 6.07) is 16.0. The lowest BCUT2D eigenvalue weighted by atomic mass is 10.2. The molecule has 0 atom stereocenters. The molecule has 1 amide bonds. The molecule has 0 bridgehead atoms. The van der Waals surface area contributed by atoms with E-state index >= 15 is 0 Å². The van der Waals surface area contributed by atoms with E-state index in [9.17, 15) is 4.79 Å². The second-order valence-corrected chi connectivity index (χ2v) is 5.85. The van der Waals surface area contributed by atoms with Crippen LogP contribution in [-0.2, 0) is 0 Å². The van der Waals surface area contributed by atoms with Crippen LogP contribution in [0, 0.1) is 0 Å². The molecule has 25 heavy (non-hydrogen) atoms. The number of rotatable bonds is 3. The van der Waals surface area contributed by atoms with E-state index in [-0.39, 0.29) is 5.91 Å². The van der Waals surface area contributed by atoms with Gasteiger partial charge in [-0.15, -0.1) is 0 Å². The number of fused-ring (bicyclic) bond motifs is 1. The van der Waals surface area contributed by atoms with Crippen molar-refractivity contribution in [3.8, 4) is 11.5 Å². The molecule has 0 aliphatic carbocycles. The van der Waals surface area contributed by atoms with Gasteiger partial charge >= 0.3 is 0 Å². The van der Waals surface area contributed by atoms with E-state index in [4.69, 9.17) is 16.0 Å². The van der Waals surface area contributed by atoms with Crippen molar-refractivity contribution in [1.29, 1.82) is 0 Å². The van der Waals surface area contributed by atoms with E-state index in [1.54, 1.807) is 42.7 Å². The molecule has 0 aliphatic heterocycles. The maximum Gasteiger partial charge on any atom is 0.255 e. The van der Waals surface area contributed by atoms with Crippen molar-refractivity contribution in [1.82, 2.24) is 9.97 Å². The Morgan fingerprint density at radius 3 is 2.76 bits per heavy atom. The van der Waals surface area contributed by atoms with Gasteiger partial charge in [-0.2, -0.15) is 0 Å². The van der Waals surface area contributed by atoms with Crippen molar-refractivity contribution in [3.05, 3.63) is 77.6 Å². The third-order valence-electron chi connectivity index (χ3n) is 3.62. The number of para-hydroxylation sites is 2. The predicted octanol–water partition coefficient (Wildman–Crippen LogP) is 4.80. The molecule has 0 fully saturated rings. The summed E-state index contributed by atoms with van der Waals surface area (Å²) in [7, 11) is 0. The molecule has 2 aromatic heterocycles. The maximum absolute atomic E-state index is 12.3. The van der Waals surface area contributed by atoms with Crippen LogP contribution in [0.2, 0.25) is 5.02 Å². The van der Waals surface area contributed by atoms with Gasteiger partial charge in [0.15, 0.2) is 5.58 Å². The summed E-state index contributed by atoms with van der Waals surface area (Å²) in [6.07, 6.45) is 3.20. The third-order valence-corrected chi connectivity index (χ3v) is 3.86. The molecule has 0 saturated heterocycles. The lowest BCUT2D eigenvalue weighted by Gasteiger charge is -2.06. The van der Waals surface area contributed by atoms with Crippen molar-refractivity contribution in [3.63, 3.8) is 0 Å². The molecule has 2 aromatic carbocycles. The number of oxazole rings is 1. The number of nitrogens with zero attached hydrogens (tertiary/aromatic N) is 2. The fourth-order valence-electron chi connectivity index (χ4n) is 2.45. The van der Waals surface area contributed by atoms with Gasteiger partial charge in [-0.25, -0.2) is 4.98 Å². The molecule has 6 heteroatoms. The highest BCUT2D eigenvalue weighted by Crippen LogP contribution is 2.25. The smallest absolute Gasteiger partial charge is 0.255 e. The first-order valence-corrected chi connectivity index (χ1v) is 7.95. The van der Waals surface area contributed by atoms with Gasteiger partial charge in [-0.3, -0.25) is 9.78 Å². The van der Waals surface area contributed by atoms with E-state index in [1.165, 1.54) is 0 Å². The second-order valence-electron chi connectivity index (χ2n) is 5.41. The molecule has 4 rings (SSSR count). The maximum atomic E-state index is 12.3. The molecular weight excluding hydrogens is 338 g/mol. The van der Waals surface area contributed by atoms with E-state index < -0.39 is 0 Å². The molecule has 2 heterocycles. The van der Waals surface area contributed by atoms with Crippen LogP contribution in [0.4, 0.5) is 5.69 Å². The molecule has 5 nitrogen and oxygen atoms in total. The number of hydrogen-bond acceptors (Lipinski definition) is 4. The fraction of sp³-hybridized carbons (Fsp3) is 0. The number of pyridine rings is 1. The summed E-state index contributed by atoms with van der Waals surface area (Å²) in [6.45, 7) is 0. The highest BCUT2D eigenvalue weighted by atomic mass is 35.5. The van der Waals surface area contributed by atoms with Crippen molar-refractivity contribution in [2.45, 2.75) is 0 Å². The fourth-order valence-corrected chi connectivity index (χ4v) is 2.64. The first-order chi connectivity index (χ1) is 12.2. The minimum absolute atomic E-state index is 0.265. The number of aromatic nitrogens is 2. The van der Waals surface area contributed by atoms with Gasteiger partial charge in [0.05, 0.1) is 17.4 Å². The number of anilines is 1. The van der Waals surface area contributed by atoms with Crippen LogP contribution < -0.4 is 5.32 Å². The van der Waals surface area contributed by atoms with Crippen molar-refractivity contribution in [2.75, 3.05) is 5.32 Å². The summed E-state index contributed by atoms with van der Waals surface area (Å²) < 4.78 is 5.73. The van der Waals surface area contributed by atoms with Crippen LogP contribution >= 0.6 is 11.6 Å². The first-order valence-electron chi connectivity index (χ1n) is 7.57. The predicted molar refractivity (Wildman–Crippen MR) is 96.6 cm³/mol. The molecule has 0 saturated carbocycles. The van der Waals surface area contributed by atoms with Crippen LogP contribution in [0.3, 0.4) is 0 Å². The summed E-state index contributed by atoms with van der Waals surface area (Å²) in [4.78, 5) is 20.9. The summed E-state index contributed by atoms with van der Waals surface area (Å²) in [5.41, 5.74) is 3.17. The lowest BCUT2D eigenvalue weighted by molar-refractivity contribution is 0.102. The van der Waals surface area contributed by atoms with Crippen molar-refractivity contribution >= 4 is 34.3 Å². The van der Waals surface area contributed by atoms with E-state index in [1.807, 2.05) is 24.3 Å². The highest BCUT2D eigenvalue weighted by molar-refractivity contribution is 6.31. The van der Waals surface area contributed by atoms with E-state index in [0.717, 1.165) is 5.52 Å². The largest absolute Gasteiger partial charge is 0.436 e. The molecule has 0 spiro atoms. The molecule has 0 radical (unpaired) electrons.